The van der Waals surface area contributed by atoms with Gasteiger partial charge in [-0.3, -0.25) is 0 Å². The SMILES string of the molecule is C[C@@H]1CN(S(=O)(=O)c2c[nH]c3ccccc23)C[C@H](C)N1. The summed E-state index contributed by atoms with van der Waals surface area (Å²) in [5.74, 6) is 0. The zero-order chi connectivity index (χ0) is 14.3. The lowest BCUT2D eigenvalue weighted by molar-refractivity contribution is 0.263. The van der Waals surface area contributed by atoms with Crippen molar-refractivity contribution >= 4 is 20.9 Å². The van der Waals surface area contributed by atoms with Crippen molar-refractivity contribution in [1.29, 1.82) is 0 Å². The highest BCUT2D eigenvalue weighted by Gasteiger charge is 2.32. The van der Waals surface area contributed by atoms with Crippen LogP contribution in [-0.2, 0) is 10.0 Å². The van der Waals surface area contributed by atoms with Gasteiger partial charge in [0.25, 0.3) is 0 Å². The molecule has 0 bridgehead atoms. The predicted molar refractivity (Wildman–Crippen MR) is 79.1 cm³/mol. The molecule has 20 heavy (non-hydrogen) atoms. The Kier molecular flexibility index (Phi) is 3.32. The molecule has 1 aliphatic rings. The Morgan fingerprint density at radius 2 is 1.80 bits per heavy atom. The van der Waals surface area contributed by atoms with Crippen molar-refractivity contribution in [1.82, 2.24) is 14.6 Å². The summed E-state index contributed by atoms with van der Waals surface area (Å²) in [4.78, 5) is 3.40. The van der Waals surface area contributed by atoms with Crippen molar-refractivity contribution in [2.75, 3.05) is 13.1 Å². The van der Waals surface area contributed by atoms with Gasteiger partial charge < -0.3 is 10.3 Å². The molecular weight excluding hydrogens is 274 g/mol. The van der Waals surface area contributed by atoms with Crippen molar-refractivity contribution in [3.63, 3.8) is 0 Å². The van der Waals surface area contributed by atoms with Gasteiger partial charge in [-0.25, -0.2) is 8.42 Å². The molecule has 1 fully saturated rings. The number of benzene rings is 1. The molecule has 0 saturated carbocycles. The summed E-state index contributed by atoms with van der Waals surface area (Å²) in [6.07, 6.45) is 1.59. The summed E-state index contributed by atoms with van der Waals surface area (Å²) >= 11 is 0. The molecule has 0 aliphatic carbocycles. The van der Waals surface area contributed by atoms with Gasteiger partial charge >= 0.3 is 0 Å². The number of H-pyrrole nitrogens is 1. The standard InChI is InChI=1S/C14H19N3O2S/c1-10-8-17(9-11(2)16-10)20(18,19)14-7-15-13-6-4-3-5-12(13)14/h3-7,10-11,15-16H,8-9H2,1-2H3/t10-,11+. The Morgan fingerprint density at radius 1 is 1.15 bits per heavy atom. The van der Waals surface area contributed by atoms with E-state index in [1.54, 1.807) is 10.5 Å². The minimum atomic E-state index is -3.45. The first-order valence-electron chi connectivity index (χ1n) is 6.81. The van der Waals surface area contributed by atoms with Crippen LogP contribution in [0.3, 0.4) is 0 Å². The lowest BCUT2D eigenvalue weighted by atomic mass is 10.2. The molecule has 1 saturated heterocycles. The van der Waals surface area contributed by atoms with Crippen LogP contribution in [0.1, 0.15) is 13.8 Å². The van der Waals surface area contributed by atoms with Crippen LogP contribution in [0.25, 0.3) is 10.9 Å². The van der Waals surface area contributed by atoms with Crippen LogP contribution < -0.4 is 5.32 Å². The van der Waals surface area contributed by atoms with Crippen LogP contribution >= 0.6 is 0 Å². The van der Waals surface area contributed by atoms with Crippen LogP contribution in [0.4, 0.5) is 0 Å². The van der Waals surface area contributed by atoms with Gasteiger partial charge in [-0.05, 0) is 19.9 Å². The molecule has 2 heterocycles. The summed E-state index contributed by atoms with van der Waals surface area (Å²) < 4.78 is 27.2. The highest BCUT2D eigenvalue weighted by atomic mass is 32.2. The number of aromatic amines is 1. The van der Waals surface area contributed by atoms with Gasteiger partial charge in [0.05, 0.1) is 0 Å². The summed E-state index contributed by atoms with van der Waals surface area (Å²) in [6.45, 7) is 5.03. The zero-order valence-electron chi connectivity index (χ0n) is 11.6. The second-order valence-corrected chi connectivity index (χ2v) is 7.40. The molecule has 1 aromatic heterocycles. The van der Waals surface area contributed by atoms with Gasteiger partial charge in [0.15, 0.2) is 0 Å². The average molecular weight is 293 g/mol. The van der Waals surface area contributed by atoms with Crippen molar-refractivity contribution in [2.45, 2.75) is 30.8 Å². The molecule has 108 valence electrons. The average Bonchev–Trinajstić information content (AvgIpc) is 2.82. The molecule has 2 aromatic rings. The number of fused-ring (bicyclic) bond motifs is 1. The van der Waals surface area contributed by atoms with E-state index in [4.69, 9.17) is 0 Å². The van der Waals surface area contributed by atoms with E-state index in [0.717, 1.165) is 10.9 Å². The van der Waals surface area contributed by atoms with Crippen LogP contribution in [-0.4, -0.2) is 42.9 Å². The molecule has 0 spiro atoms. The Labute approximate surface area is 119 Å². The summed E-state index contributed by atoms with van der Waals surface area (Å²) in [5, 5.41) is 4.11. The quantitative estimate of drug-likeness (QED) is 0.882. The lowest BCUT2D eigenvalue weighted by Gasteiger charge is -2.35. The minimum absolute atomic E-state index is 0.165. The minimum Gasteiger partial charge on any atom is -0.360 e. The van der Waals surface area contributed by atoms with Crippen LogP contribution in [0.5, 0.6) is 0 Å². The predicted octanol–water partition coefficient (Wildman–Crippen LogP) is 1.54. The van der Waals surface area contributed by atoms with Crippen molar-refractivity contribution in [2.24, 2.45) is 0 Å². The molecule has 1 aromatic carbocycles. The fourth-order valence-corrected chi connectivity index (χ4v) is 4.65. The van der Waals surface area contributed by atoms with E-state index in [2.05, 4.69) is 10.3 Å². The maximum Gasteiger partial charge on any atom is 0.245 e. The Morgan fingerprint density at radius 3 is 2.50 bits per heavy atom. The smallest absolute Gasteiger partial charge is 0.245 e. The Balaban J connectivity index is 2.03. The molecule has 2 N–H and O–H groups in total. The van der Waals surface area contributed by atoms with E-state index in [1.807, 2.05) is 38.1 Å². The molecule has 0 radical (unpaired) electrons. The number of sulfonamides is 1. The number of aromatic nitrogens is 1. The highest BCUT2D eigenvalue weighted by Crippen LogP contribution is 2.26. The number of nitrogens with one attached hydrogen (secondary N) is 2. The van der Waals surface area contributed by atoms with Crippen LogP contribution in [0.15, 0.2) is 35.4 Å². The van der Waals surface area contributed by atoms with E-state index in [-0.39, 0.29) is 12.1 Å². The molecule has 6 heteroatoms. The van der Waals surface area contributed by atoms with E-state index in [1.165, 1.54) is 0 Å². The molecule has 1 aliphatic heterocycles. The molecule has 0 amide bonds. The normalized spacial score (nSPS) is 25.1. The molecule has 5 nitrogen and oxygen atoms in total. The van der Waals surface area contributed by atoms with E-state index >= 15 is 0 Å². The maximum absolute atomic E-state index is 12.8. The van der Waals surface area contributed by atoms with Gasteiger partial charge in [0.1, 0.15) is 4.90 Å². The van der Waals surface area contributed by atoms with Gasteiger partial charge in [-0.15, -0.1) is 0 Å². The van der Waals surface area contributed by atoms with Gasteiger partial charge in [0, 0.05) is 42.3 Å². The van der Waals surface area contributed by atoms with Gasteiger partial charge in [-0.2, -0.15) is 4.31 Å². The summed E-state index contributed by atoms with van der Waals surface area (Å²) in [5.41, 5.74) is 0.849. The number of rotatable bonds is 2. The van der Waals surface area contributed by atoms with Gasteiger partial charge in [-0.1, -0.05) is 18.2 Å². The number of para-hydroxylation sites is 1. The fourth-order valence-electron chi connectivity index (χ4n) is 2.87. The molecule has 0 unspecified atom stereocenters. The Bertz CT molecular complexity index is 713. The lowest BCUT2D eigenvalue weighted by Crippen LogP contribution is -2.55. The van der Waals surface area contributed by atoms with Crippen molar-refractivity contribution < 1.29 is 8.42 Å². The summed E-state index contributed by atoms with van der Waals surface area (Å²) in [7, 11) is -3.45. The third kappa shape index (κ3) is 2.24. The molecular formula is C14H19N3O2S. The topological polar surface area (TPSA) is 65.2 Å². The first-order valence-corrected chi connectivity index (χ1v) is 8.25. The van der Waals surface area contributed by atoms with E-state index in [0.29, 0.717) is 18.0 Å². The number of hydrogen-bond donors (Lipinski definition) is 2. The first kappa shape index (κ1) is 13.6. The zero-order valence-corrected chi connectivity index (χ0v) is 12.4. The molecule has 2 atom stereocenters. The van der Waals surface area contributed by atoms with E-state index < -0.39 is 10.0 Å². The molecule has 3 rings (SSSR count). The van der Waals surface area contributed by atoms with Crippen molar-refractivity contribution in [3.8, 4) is 0 Å². The number of piperazine rings is 1. The number of hydrogen-bond acceptors (Lipinski definition) is 3. The van der Waals surface area contributed by atoms with Crippen molar-refractivity contribution in [3.05, 3.63) is 30.5 Å². The number of nitrogens with zero attached hydrogens (tertiary/aromatic N) is 1. The second-order valence-electron chi connectivity index (χ2n) is 5.49. The Hall–Kier alpha value is -1.37. The van der Waals surface area contributed by atoms with Crippen LogP contribution in [0, 0.1) is 0 Å². The third-order valence-corrected chi connectivity index (χ3v) is 5.56. The monoisotopic (exact) mass is 293 g/mol. The van der Waals surface area contributed by atoms with Gasteiger partial charge in [0.2, 0.25) is 10.0 Å². The summed E-state index contributed by atoms with van der Waals surface area (Å²) in [6, 6.07) is 7.81. The fraction of sp³-hybridized carbons (Fsp3) is 0.429. The van der Waals surface area contributed by atoms with Crippen LogP contribution in [0.2, 0.25) is 0 Å². The largest absolute Gasteiger partial charge is 0.360 e. The van der Waals surface area contributed by atoms with E-state index in [9.17, 15) is 8.42 Å². The second kappa shape index (κ2) is 4.87. The third-order valence-electron chi connectivity index (χ3n) is 3.69. The first-order chi connectivity index (χ1) is 9.48. The highest BCUT2D eigenvalue weighted by molar-refractivity contribution is 7.89. The maximum atomic E-state index is 12.8.